The Labute approximate surface area is 122 Å². The molecule has 6 heteroatoms. The van der Waals surface area contributed by atoms with Crippen molar-refractivity contribution in [3.8, 4) is 5.75 Å². The van der Waals surface area contributed by atoms with Crippen LogP contribution in [0.3, 0.4) is 0 Å². The molecular formula is C14H16ClN3O2. The van der Waals surface area contributed by atoms with Crippen LogP contribution in [0.25, 0.3) is 0 Å². The third-order valence-corrected chi connectivity index (χ3v) is 3.44. The summed E-state index contributed by atoms with van der Waals surface area (Å²) in [5.74, 6) is 2.30. The molecule has 0 radical (unpaired) electrons. The third-order valence-electron chi connectivity index (χ3n) is 3.23. The number of nitrogens with one attached hydrogen (secondary N) is 1. The zero-order valence-corrected chi connectivity index (χ0v) is 12.0. The number of aromatic nitrogens is 2. The number of nitrogens with zero attached hydrogens (tertiary/aromatic N) is 2. The number of aryl methyl sites for hydroxylation is 1. The smallest absolute Gasteiger partial charge is 0.227 e. The topological polar surface area (TPSA) is 60.2 Å². The molecule has 1 aliphatic rings. The van der Waals surface area contributed by atoms with Gasteiger partial charge in [-0.1, -0.05) is 16.8 Å². The van der Waals surface area contributed by atoms with E-state index < -0.39 is 0 Å². The van der Waals surface area contributed by atoms with Gasteiger partial charge in [0.2, 0.25) is 5.89 Å². The maximum Gasteiger partial charge on any atom is 0.227 e. The molecule has 0 unspecified atom stereocenters. The Bertz CT molecular complexity index is 612. The quantitative estimate of drug-likeness (QED) is 0.857. The fourth-order valence-electron chi connectivity index (χ4n) is 2.34. The first-order valence-electron chi connectivity index (χ1n) is 6.66. The average molecular weight is 294 g/mol. The summed E-state index contributed by atoms with van der Waals surface area (Å²) in [6, 6.07) is 3.93. The van der Waals surface area contributed by atoms with E-state index in [0.29, 0.717) is 18.1 Å². The molecular weight excluding hydrogens is 278 g/mol. The minimum absolute atomic E-state index is 0.655. The summed E-state index contributed by atoms with van der Waals surface area (Å²) in [6.07, 6.45) is 1.65. The van der Waals surface area contributed by atoms with Crippen LogP contribution in [0.1, 0.15) is 22.8 Å². The molecule has 1 aliphatic heterocycles. The van der Waals surface area contributed by atoms with Gasteiger partial charge in [0.15, 0.2) is 5.82 Å². The molecule has 0 fully saturated rings. The first-order chi connectivity index (χ1) is 9.72. The van der Waals surface area contributed by atoms with E-state index in [-0.39, 0.29) is 0 Å². The summed E-state index contributed by atoms with van der Waals surface area (Å²) in [5.41, 5.74) is 2.30. The Morgan fingerprint density at radius 1 is 1.40 bits per heavy atom. The Morgan fingerprint density at radius 2 is 2.30 bits per heavy atom. The van der Waals surface area contributed by atoms with Crippen LogP contribution >= 0.6 is 11.6 Å². The highest BCUT2D eigenvalue weighted by atomic mass is 35.5. The molecule has 106 valence electrons. The lowest BCUT2D eigenvalue weighted by atomic mass is 10.1. The highest BCUT2D eigenvalue weighted by Gasteiger charge is 2.17. The van der Waals surface area contributed by atoms with Crippen LogP contribution < -0.4 is 10.1 Å². The van der Waals surface area contributed by atoms with Crippen LogP contribution in [-0.4, -0.2) is 23.3 Å². The average Bonchev–Trinajstić information content (AvgIpc) is 3.03. The second kappa shape index (κ2) is 5.81. The van der Waals surface area contributed by atoms with Gasteiger partial charge in [0.25, 0.3) is 0 Å². The van der Waals surface area contributed by atoms with Crippen molar-refractivity contribution in [2.45, 2.75) is 26.3 Å². The molecule has 0 aliphatic carbocycles. The van der Waals surface area contributed by atoms with E-state index in [9.17, 15) is 0 Å². The number of benzene rings is 1. The van der Waals surface area contributed by atoms with E-state index in [0.717, 1.165) is 42.5 Å². The van der Waals surface area contributed by atoms with Gasteiger partial charge in [0.05, 0.1) is 6.61 Å². The molecule has 5 nitrogen and oxygen atoms in total. The number of hydrogen-bond acceptors (Lipinski definition) is 5. The molecule has 1 aromatic carbocycles. The molecule has 1 N–H and O–H groups in total. The number of halogens is 1. The summed E-state index contributed by atoms with van der Waals surface area (Å²) < 4.78 is 10.7. The van der Waals surface area contributed by atoms with E-state index in [1.165, 1.54) is 5.56 Å². The van der Waals surface area contributed by atoms with Crippen molar-refractivity contribution in [1.82, 2.24) is 15.5 Å². The zero-order valence-electron chi connectivity index (χ0n) is 11.3. The first kappa shape index (κ1) is 13.4. The van der Waals surface area contributed by atoms with Crippen LogP contribution in [0.4, 0.5) is 0 Å². The van der Waals surface area contributed by atoms with Crippen LogP contribution in [0, 0.1) is 6.92 Å². The van der Waals surface area contributed by atoms with Crippen molar-refractivity contribution in [1.29, 1.82) is 0 Å². The van der Waals surface area contributed by atoms with Crippen molar-refractivity contribution < 1.29 is 9.26 Å². The van der Waals surface area contributed by atoms with Gasteiger partial charge in [-0.25, -0.2) is 0 Å². The SMILES string of the molecule is Cc1noc(CCNCc2cc(Cl)cc3c2OCC3)n1. The first-order valence-corrected chi connectivity index (χ1v) is 7.04. The molecule has 3 rings (SSSR count). The van der Waals surface area contributed by atoms with Crippen molar-refractivity contribution >= 4 is 11.6 Å². The van der Waals surface area contributed by atoms with Crippen LogP contribution in [0.2, 0.25) is 5.02 Å². The number of ether oxygens (including phenoxy) is 1. The molecule has 2 aromatic rings. The maximum atomic E-state index is 6.12. The van der Waals surface area contributed by atoms with Crippen molar-refractivity contribution in [3.63, 3.8) is 0 Å². The summed E-state index contributed by atoms with van der Waals surface area (Å²) in [7, 11) is 0. The highest BCUT2D eigenvalue weighted by Crippen LogP contribution is 2.32. The Balaban J connectivity index is 1.56. The lowest BCUT2D eigenvalue weighted by molar-refractivity contribution is 0.352. The standard InChI is InChI=1S/C14H16ClN3O2/c1-9-17-13(20-18-9)2-4-16-8-11-7-12(15)6-10-3-5-19-14(10)11/h6-7,16H,2-5,8H2,1H3. The summed E-state index contributed by atoms with van der Waals surface area (Å²) >= 11 is 6.12. The fraction of sp³-hybridized carbons (Fsp3) is 0.429. The second-order valence-corrected chi connectivity index (χ2v) is 5.25. The van der Waals surface area contributed by atoms with Gasteiger partial charge < -0.3 is 14.6 Å². The molecule has 0 amide bonds. The van der Waals surface area contributed by atoms with E-state index in [1.807, 2.05) is 19.1 Å². The third kappa shape index (κ3) is 2.94. The van der Waals surface area contributed by atoms with E-state index in [4.69, 9.17) is 20.9 Å². The predicted molar refractivity (Wildman–Crippen MR) is 75.1 cm³/mol. The Morgan fingerprint density at radius 3 is 3.10 bits per heavy atom. The van der Waals surface area contributed by atoms with Gasteiger partial charge in [-0.05, 0) is 24.6 Å². The highest BCUT2D eigenvalue weighted by molar-refractivity contribution is 6.30. The van der Waals surface area contributed by atoms with Gasteiger partial charge in [0.1, 0.15) is 5.75 Å². The van der Waals surface area contributed by atoms with Gasteiger partial charge in [0, 0.05) is 36.5 Å². The molecule has 20 heavy (non-hydrogen) atoms. The number of fused-ring (bicyclic) bond motifs is 1. The minimum Gasteiger partial charge on any atom is -0.493 e. The predicted octanol–water partition coefficient (Wildman–Crippen LogP) is 2.30. The molecule has 0 atom stereocenters. The largest absolute Gasteiger partial charge is 0.493 e. The van der Waals surface area contributed by atoms with E-state index >= 15 is 0 Å². The zero-order chi connectivity index (χ0) is 13.9. The normalized spacial score (nSPS) is 13.3. The van der Waals surface area contributed by atoms with Gasteiger partial charge in [-0.2, -0.15) is 4.98 Å². The Hall–Kier alpha value is -1.59. The van der Waals surface area contributed by atoms with Crippen LogP contribution in [0.15, 0.2) is 16.7 Å². The second-order valence-electron chi connectivity index (χ2n) is 4.81. The summed E-state index contributed by atoms with van der Waals surface area (Å²) in [6.45, 7) is 4.04. The molecule has 0 bridgehead atoms. The molecule has 0 spiro atoms. The number of rotatable bonds is 5. The fourth-order valence-corrected chi connectivity index (χ4v) is 2.60. The summed E-state index contributed by atoms with van der Waals surface area (Å²) in [5, 5.41) is 7.87. The van der Waals surface area contributed by atoms with E-state index in [2.05, 4.69) is 15.5 Å². The maximum absolute atomic E-state index is 6.12. The van der Waals surface area contributed by atoms with Gasteiger partial charge in [-0.3, -0.25) is 0 Å². The summed E-state index contributed by atoms with van der Waals surface area (Å²) in [4.78, 5) is 4.16. The monoisotopic (exact) mass is 293 g/mol. The molecule has 0 saturated carbocycles. The Kier molecular flexibility index (Phi) is 3.89. The van der Waals surface area contributed by atoms with Crippen LogP contribution in [-0.2, 0) is 19.4 Å². The van der Waals surface area contributed by atoms with Crippen molar-refractivity contribution in [2.24, 2.45) is 0 Å². The van der Waals surface area contributed by atoms with Crippen molar-refractivity contribution in [3.05, 3.63) is 40.0 Å². The number of hydrogen-bond donors (Lipinski definition) is 1. The van der Waals surface area contributed by atoms with Crippen LogP contribution in [0.5, 0.6) is 5.75 Å². The lowest BCUT2D eigenvalue weighted by Gasteiger charge is -2.09. The molecule has 2 heterocycles. The van der Waals surface area contributed by atoms with Gasteiger partial charge in [-0.15, -0.1) is 0 Å². The van der Waals surface area contributed by atoms with Crippen molar-refractivity contribution in [2.75, 3.05) is 13.2 Å². The minimum atomic E-state index is 0.655. The molecule has 1 aromatic heterocycles. The van der Waals surface area contributed by atoms with E-state index in [1.54, 1.807) is 0 Å². The molecule has 0 saturated heterocycles. The lowest BCUT2D eigenvalue weighted by Crippen LogP contribution is -2.17. The van der Waals surface area contributed by atoms with Gasteiger partial charge >= 0.3 is 0 Å².